The van der Waals surface area contributed by atoms with Crippen molar-refractivity contribution in [2.24, 2.45) is 0 Å². The van der Waals surface area contributed by atoms with Crippen molar-refractivity contribution in [1.82, 2.24) is 0 Å². The highest BCUT2D eigenvalue weighted by molar-refractivity contribution is 5.66. The van der Waals surface area contributed by atoms with Crippen molar-refractivity contribution in [3.8, 4) is 11.1 Å². The Kier molecular flexibility index (Phi) is 8.35. The van der Waals surface area contributed by atoms with E-state index in [9.17, 15) is 22.7 Å². The predicted octanol–water partition coefficient (Wildman–Crippen LogP) is 8.20. The summed E-state index contributed by atoms with van der Waals surface area (Å²) in [7, 11) is 0. The molecule has 1 saturated carbocycles. The van der Waals surface area contributed by atoms with Crippen LogP contribution in [0.2, 0.25) is 0 Å². The lowest BCUT2D eigenvalue weighted by Crippen LogP contribution is -2.21. The lowest BCUT2D eigenvalue weighted by molar-refractivity contribution is 0.0118. The quantitative estimate of drug-likeness (QED) is 0.217. The van der Waals surface area contributed by atoms with Crippen molar-refractivity contribution in [3.05, 3.63) is 93.8 Å². The largest absolute Gasteiger partial charge is 0.388 e. The molecule has 0 amide bonds. The number of aliphatic hydroxyl groups is 1. The van der Waals surface area contributed by atoms with Gasteiger partial charge in [0.15, 0.2) is 23.3 Å². The first kappa shape index (κ1) is 27.7. The minimum atomic E-state index is -1.09. The van der Waals surface area contributed by atoms with Gasteiger partial charge in [0.1, 0.15) is 11.9 Å². The topological polar surface area (TPSA) is 42.0 Å². The molecule has 3 aromatic rings. The standard InChI is InChI=1S/C31H31F5O3/c1-2-3-26(37)23-11-7-19(28(33)30(23)35)15-38-20-8-4-17(5-9-20)18-6-10-21(25(32)14-18)22-12-13-24(27-16-39-27)31(36)29(22)34/h6-7,10-14,17,20,26-27,37H,2-5,8-9,15-16H2,1H3. The predicted molar refractivity (Wildman–Crippen MR) is 136 cm³/mol. The van der Waals surface area contributed by atoms with Crippen LogP contribution < -0.4 is 0 Å². The summed E-state index contributed by atoms with van der Waals surface area (Å²) in [5.74, 6) is -4.69. The summed E-state index contributed by atoms with van der Waals surface area (Å²) in [5, 5.41) is 10.0. The van der Waals surface area contributed by atoms with Crippen molar-refractivity contribution in [2.45, 2.75) is 76.3 Å². The Labute approximate surface area is 224 Å². The van der Waals surface area contributed by atoms with Gasteiger partial charge in [0, 0.05) is 27.8 Å². The fraction of sp³-hybridized carbons (Fsp3) is 0.419. The summed E-state index contributed by atoms with van der Waals surface area (Å²) in [6.45, 7) is 2.12. The lowest BCUT2D eigenvalue weighted by Gasteiger charge is -2.29. The maximum atomic E-state index is 15.0. The Morgan fingerprint density at radius 2 is 1.59 bits per heavy atom. The minimum absolute atomic E-state index is 0.00192. The second kappa shape index (κ2) is 11.7. The van der Waals surface area contributed by atoms with E-state index in [4.69, 9.17) is 9.47 Å². The van der Waals surface area contributed by atoms with Gasteiger partial charge in [0.2, 0.25) is 0 Å². The first-order chi connectivity index (χ1) is 18.8. The van der Waals surface area contributed by atoms with Gasteiger partial charge in [-0.05, 0) is 49.7 Å². The van der Waals surface area contributed by atoms with Crippen LogP contribution in [-0.2, 0) is 16.1 Å². The molecule has 8 heteroatoms. The molecule has 0 radical (unpaired) electrons. The van der Waals surface area contributed by atoms with E-state index in [0.717, 1.165) is 5.56 Å². The fourth-order valence-electron chi connectivity index (χ4n) is 5.43. The van der Waals surface area contributed by atoms with Crippen LogP contribution in [0.4, 0.5) is 22.0 Å². The molecule has 2 fully saturated rings. The van der Waals surface area contributed by atoms with Crippen molar-refractivity contribution >= 4 is 0 Å². The number of epoxide rings is 1. The van der Waals surface area contributed by atoms with Gasteiger partial charge in [0.25, 0.3) is 0 Å². The third-order valence-electron chi connectivity index (χ3n) is 7.81. The number of aliphatic hydroxyl groups excluding tert-OH is 1. The second-order valence-corrected chi connectivity index (χ2v) is 10.4. The number of halogens is 5. The summed E-state index contributed by atoms with van der Waals surface area (Å²) in [6.07, 6.45) is 2.11. The number of rotatable bonds is 9. The van der Waals surface area contributed by atoms with Gasteiger partial charge in [0.05, 0.1) is 25.4 Å². The number of benzene rings is 3. The number of hydrogen-bond acceptors (Lipinski definition) is 3. The van der Waals surface area contributed by atoms with Crippen LogP contribution in [0.3, 0.4) is 0 Å². The fourth-order valence-corrected chi connectivity index (χ4v) is 5.43. The molecule has 2 atom stereocenters. The highest BCUT2D eigenvalue weighted by Gasteiger charge is 2.31. The second-order valence-electron chi connectivity index (χ2n) is 10.4. The molecule has 0 spiro atoms. The maximum Gasteiger partial charge on any atom is 0.167 e. The summed E-state index contributed by atoms with van der Waals surface area (Å²) in [6, 6.07) is 10.3. The zero-order valence-corrected chi connectivity index (χ0v) is 21.7. The molecule has 3 aromatic carbocycles. The maximum absolute atomic E-state index is 15.0. The van der Waals surface area contributed by atoms with Crippen LogP contribution in [0.1, 0.15) is 85.8 Å². The van der Waals surface area contributed by atoms with E-state index in [1.807, 2.05) is 6.92 Å². The molecule has 1 saturated heterocycles. The van der Waals surface area contributed by atoms with Crippen LogP contribution in [0.5, 0.6) is 0 Å². The van der Waals surface area contributed by atoms with Crippen LogP contribution in [-0.4, -0.2) is 17.8 Å². The first-order valence-corrected chi connectivity index (χ1v) is 13.4. The van der Waals surface area contributed by atoms with E-state index in [1.165, 1.54) is 36.4 Å². The van der Waals surface area contributed by atoms with Crippen LogP contribution >= 0.6 is 0 Å². The molecule has 2 aliphatic rings. The third-order valence-corrected chi connectivity index (χ3v) is 7.81. The summed E-state index contributed by atoms with van der Waals surface area (Å²) < 4.78 is 84.0. The molecule has 0 bridgehead atoms. The Morgan fingerprint density at radius 1 is 0.872 bits per heavy atom. The van der Waals surface area contributed by atoms with Gasteiger partial charge in [-0.15, -0.1) is 0 Å². The highest BCUT2D eigenvalue weighted by Crippen LogP contribution is 2.39. The van der Waals surface area contributed by atoms with Crippen LogP contribution in [0.25, 0.3) is 11.1 Å². The van der Waals surface area contributed by atoms with E-state index < -0.39 is 41.3 Å². The smallest absolute Gasteiger partial charge is 0.167 e. The molecule has 1 heterocycles. The first-order valence-electron chi connectivity index (χ1n) is 13.4. The van der Waals surface area contributed by atoms with E-state index >= 15 is 4.39 Å². The molecular weight excluding hydrogens is 515 g/mol. The lowest BCUT2D eigenvalue weighted by atomic mass is 9.82. The zero-order chi connectivity index (χ0) is 27.7. The van der Waals surface area contributed by atoms with Gasteiger partial charge in [-0.25, -0.2) is 22.0 Å². The zero-order valence-electron chi connectivity index (χ0n) is 21.7. The molecule has 1 N–H and O–H groups in total. The van der Waals surface area contributed by atoms with Crippen molar-refractivity contribution < 1.29 is 36.5 Å². The highest BCUT2D eigenvalue weighted by atomic mass is 19.2. The molecule has 0 aromatic heterocycles. The SMILES string of the molecule is CCCC(O)c1ccc(COC2CCC(c3ccc(-c4ccc(C5CO5)c(F)c4F)c(F)c3)CC2)c(F)c1F. The van der Waals surface area contributed by atoms with E-state index in [-0.39, 0.29) is 46.4 Å². The van der Waals surface area contributed by atoms with E-state index in [0.29, 0.717) is 45.1 Å². The average Bonchev–Trinajstić information content (AvgIpc) is 3.77. The summed E-state index contributed by atoms with van der Waals surface area (Å²) >= 11 is 0. The van der Waals surface area contributed by atoms with Gasteiger partial charge >= 0.3 is 0 Å². The van der Waals surface area contributed by atoms with Gasteiger partial charge in [-0.3, -0.25) is 0 Å². The minimum Gasteiger partial charge on any atom is -0.388 e. The summed E-state index contributed by atoms with van der Waals surface area (Å²) in [4.78, 5) is 0. The molecule has 5 rings (SSSR count). The molecule has 1 aliphatic carbocycles. The van der Waals surface area contributed by atoms with Gasteiger partial charge in [-0.1, -0.05) is 49.7 Å². The van der Waals surface area contributed by atoms with Crippen molar-refractivity contribution in [3.63, 3.8) is 0 Å². The Balaban J connectivity index is 1.19. The van der Waals surface area contributed by atoms with Gasteiger partial charge in [-0.2, -0.15) is 0 Å². The number of hydrogen-bond donors (Lipinski definition) is 1. The molecule has 208 valence electrons. The molecule has 1 aliphatic heterocycles. The Bertz CT molecular complexity index is 1330. The van der Waals surface area contributed by atoms with E-state index in [2.05, 4.69) is 0 Å². The van der Waals surface area contributed by atoms with Crippen molar-refractivity contribution in [2.75, 3.05) is 6.61 Å². The summed E-state index contributed by atoms with van der Waals surface area (Å²) in [5.41, 5.74) is 0.832. The Hall–Kier alpha value is -2.81. The third kappa shape index (κ3) is 5.88. The van der Waals surface area contributed by atoms with Crippen LogP contribution in [0, 0.1) is 29.1 Å². The molecular formula is C31H31F5O3. The molecule has 2 unspecified atom stereocenters. The Morgan fingerprint density at radius 3 is 2.26 bits per heavy atom. The van der Waals surface area contributed by atoms with Crippen molar-refractivity contribution in [1.29, 1.82) is 0 Å². The number of ether oxygens (including phenoxy) is 2. The molecule has 39 heavy (non-hydrogen) atoms. The average molecular weight is 547 g/mol. The monoisotopic (exact) mass is 546 g/mol. The van der Waals surface area contributed by atoms with E-state index in [1.54, 1.807) is 6.07 Å². The van der Waals surface area contributed by atoms with Gasteiger partial charge < -0.3 is 14.6 Å². The normalized spacial score (nSPS) is 21.7. The van der Waals surface area contributed by atoms with Crippen LogP contribution in [0.15, 0.2) is 42.5 Å². The molecule has 3 nitrogen and oxygen atoms in total.